The van der Waals surface area contributed by atoms with Crippen molar-refractivity contribution in [2.45, 2.75) is 6.04 Å². The number of hydrogen-bond donors (Lipinski definition) is 1. The second kappa shape index (κ2) is 7.00. The lowest BCUT2D eigenvalue weighted by Gasteiger charge is -2.20. The first-order chi connectivity index (χ1) is 12.1. The zero-order valence-corrected chi connectivity index (χ0v) is 13.8. The number of nitro groups is 1. The van der Waals surface area contributed by atoms with Gasteiger partial charge in [-0.15, -0.1) is 0 Å². The molecule has 1 N–H and O–H groups in total. The third-order valence-electron chi connectivity index (χ3n) is 3.79. The predicted molar refractivity (Wildman–Crippen MR) is 92.6 cm³/mol. The Kier molecular flexibility index (Phi) is 4.60. The highest BCUT2D eigenvalue weighted by atomic mass is 16.6. The molecule has 0 spiro atoms. The summed E-state index contributed by atoms with van der Waals surface area (Å²) in [6, 6.07) is 10.3. The first kappa shape index (κ1) is 16.4. The van der Waals surface area contributed by atoms with Crippen molar-refractivity contribution in [3.8, 4) is 5.75 Å². The Balaban J connectivity index is 1.96. The van der Waals surface area contributed by atoms with Gasteiger partial charge in [0.1, 0.15) is 29.6 Å². The van der Waals surface area contributed by atoms with Crippen LogP contribution < -0.4 is 10.1 Å². The molecule has 1 aromatic carbocycles. The molecule has 0 saturated carbocycles. The summed E-state index contributed by atoms with van der Waals surface area (Å²) in [5.74, 6) is 2.03. The van der Waals surface area contributed by atoms with E-state index in [9.17, 15) is 10.1 Å². The molecule has 1 atom stereocenters. The molecule has 0 aliphatic heterocycles. The summed E-state index contributed by atoms with van der Waals surface area (Å²) in [4.78, 5) is 18.8. The van der Waals surface area contributed by atoms with Gasteiger partial charge in [0.15, 0.2) is 0 Å². The molecule has 2 heterocycles. The maximum absolute atomic E-state index is 10.8. The molecule has 3 rings (SSSR count). The lowest BCUT2D eigenvalue weighted by Crippen LogP contribution is -2.17. The Bertz CT molecular complexity index is 876. The van der Waals surface area contributed by atoms with E-state index < -0.39 is 4.92 Å². The molecular formula is C17H17N5O3. The first-order valence-electron chi connectivity index (χ1n) is 7.56. The number of nitrogens with zero attached hydrogens (tertiary/aromatic N) is 4. The summed E-state index contributed by atoms with van der Waals surface area (Å²) < 4.78 is 7.20. The van der Waals surface area contributed by atoms with Crippen molar-refractivity contribution in [2.75, 3.05) is 12.4 Å². The molecule has 0 bridgehead atoms. The van der Waals surface area contributed by atoms with Gasteiger partial charge in [0, 0.05) is 25.5 Å². The lowest BCUT2D eigenvalue weighted by atomic mass is 10.1. The van der Waals surface area contributed by atoms with Crippen LogP contribution in [0.2, 0.25) is 0 Å². The van der Waals surface area contributed by atoms with Crippen LogP contribution in [-0.2, 0) is 7.05 Å². The van der Waals surface area contributed by atoms with E-state index in [1.54, 1.807) is 19.4 Å². The summed E-state index contributed by atoms with van der Waals surface area (Å²) in [5, 5.41) is 14.1. The molecule has 2 aromatic heterocycles. The number of benzene rings is 1. The minimum absolute atomic E-state index is 0.0551. The van der Waals surface area contributed by atoms with Crippen LogP contribution in [0.15, 0.2) is 55.0 Å². The van der Waals surface area contributed by atoms with Gasteiger partial charge in [0.25, 0.3) is 5.69 Å². The summed E-state index contributed by atoms with van der Waals surface area (Å²) in [6.07, 6.45) is 4.80. The standard InChI is InChI=1S/C17H17N5O3/c1-21-9-8-18-17(21)16(12-4-3-5-14(10-12)25-2)20-15-7-6-13(11-19-15)22(23)24/h3-11,16H,1-2H3,(H,19,20)/t16-/m0/s1. The summed E-state index contributed by atoms with van der Waals surface area (Å²) in [5.41, 5.74) is 0.884. The van der Waals surface area contributed by atoms with Crippen molar-refractivity contribution in [1.29, 1.82) is 0 Å². The van der Waals surface area contributed by atoms with Gasteiger partial charge in [0.2, 0.25) is 0 Å². The van der Waals surface area contributed by atoms with Crippen molar-refractivity contribution < 1.29 is 9.66 Å². The fourth-order valence-corrected chi connectivity index (χ4v) is 2.50. The number of imidazole rings is 1. The largest absolute Gasteiger partial charge is 0.497 e. The Morgan fingerprint density at radius 3 is 2.72 bits per heavy atom. The second-order valence-corrected chi connectivity index (χ2v) is 5.41. The molecule has 0 saturated heterocycles. The summed E-state index contributed by atoms with van der Waals surface area (Å²) in [7, 11) is 3.51. The highest BCUT2D eigenvalue weighted by Crippen LogP contribution is 2.27. The monoisotopic (exact) mass is 339 g/mol. The average molecular weight is 339 g/mol. The molecule has 8 nitrogen and oxygen atoms in total. The number of anilines is 1. The van der Waals surface area contributed by atoms with E-state index in [0.29, 0.717) is 5.82 Å². The number of aromatic nitrogens is 3. The van der Waals surface area contributed by atoms with E-state index in [4.69, 9.17) is 4.74 Å². The topological polar surface area (TPSA) is 95.1 Å². The number of pyridine rings is 1. The molecule has 3 aromatic rings. The highest BCUT2D eigenvalue weighted by Gasteiger charge is 2.20. The van der Waals surface area contributed by atoms with E-state index in [2.05, 4.69) is 15.3 Å². The number of rotatable bonds is 6. The molecule has 0 aliphatic carbocycles. The number of hydrogen-bond acceptors (Lipinski definition) is 6. The third kappa shape index (κ3) is 3.57. The molecule has 0 radical (unpaired) electrons. The van der Waals surface area contributed by atoms with Gasteiger partial charge in [-0.25, -0.2) is 9.97 Å². The van der Waals surface area contributed by atoms with Crippen LogP contribution in [0.25, 0.3) is 0 Å². The number of aryl methyl sites for hydroxylation is 1. The van der Waals surface area contributed by atoms with Gasteiger partial charge >= 0.3 is 0 Å². The molecule has 0 fully saturated rings. The average Bonchev–Trinajstić information content (AvgIpc) is 3.06. The predicted octanol–water partition coefficient (Wildman–Crippen LogP) is 2.93. The van der Waals surface area contributed by atoms with Crippen molar-refractivity contribution >= 4 is 11.5 Å². The Morgan fingerprint density at radius 2 is 2.12 bits per heavy atom. The van der Waals surface area contributed by atoms with Crippen LogP contribution in [-0.4, -0.2) is 26.6 Å². The highest BCUT2D eigenvalue weighted by molar-refractivity contribution is 5.46. The van der Waals surface area contributed by atoms with Crippen molar-refractivity contribution in [1.82, 2.24) is 14.5 Å². The fraction of sp³-hybridized carbons (Fsp3) is 0.176. The Morgan fingerprint density at radius 1 is 1.28 bits per heavy atom. The van der Waals surface area contributed by atoms with Gasteiger partial charge in [-0.3, -0.25) is 10.1 Å². The van der Waals surface area contributed by atoms with Crippen LogP contribution in [0.1, 0.15) is 17.4 Å². The molecule has 0 unspecified atom stereocenters. The first-order valence-corrected chi connectivity index (χ1v) is 7.56. The lowest BCUT2D eigenvalue weighted by molar-refractivity contribution is -0.385. The smallest absolute Gasteiger partial charge is 0.287 e. The molecule has 25 heavy (non-hydrogen) atoms. The molecule has 8 heteroatoms. The van der Waals surface area contributed by atoms with Gasteiger partial charge in [-0.05, 0) is 23.8 Å². The van der Waals surface area contributed by atoms with Crippen LogP contribution in [0.3, 0.4) is 0 Å². The SMILES string of the molecule is COc1cccc([C@H](Nc2ccc([N+](=O)[O-])cn2)c2nccn2C)c1. The van der Waals surface area contributed by atoms with Crippen LogP contribution in [0, 0.1) is 10.1 Å². The Labute approximate surface area is 144 Å². The molecule has 0 amide bonds. The zero-order valence-electron chi connectivity index (χ0n) is 13.8. The van der Waals surface area contributed by atoms with Crippen molar-refractivity contribution in [3.05, 3.63) is 76.5 Å². The number of methoxy groups -OCH3 is 1. The minimum atomic E-state index is -0.477. The quantitative estimate of drug-likeness (QED) is 0.548. The normalized spacial score (nSPS) is 11.8. The Hall–Kier alpha value is -3.42. The van der Waals surface area contributed by atoms with E-state index in [-0.39, 0.29) is 11.7 Å². The fourth-order valence-electron chi connectivity index (χ4n) is 2.50. The minimum Gasteiger partial charge on any atom is -0.497 e. The van der Waals surface area contributed by atoms with Gasteiger partial charge in [-0.2, -0.15) is 0 Å². The zero-order chi connectivity index (χ0) is 17.8. The summed E-state index contributed by atoms with van der Waals surface area (Å²) >= 11 is 0. The van der Waals surface area contributed by atoms with Crippen LogP contribution in [0.4, 0.5) is 11.5 Å². The molecular weight excluding hydrogens is 322 g/mol. The third-order valence-corrected chi connectivity index (χ3v) is 3.79. The maximum Gasteiger partial charge on any atom is 0.287 e. The number of ether oxygens (including phenoxy) is 1. The van der Waals surface area contributed by atoms with E-state index in [1.165, 1.54) is 12.3 Å². The van der Waals surface area contributed by atoms with Crippen LogP contribution in [0.5, 0.6) is 5.75 Å². The molecule has 128 valence electrons. The van der Waals surface area contributed by atoms with Gasteiger partial charge in [-0.1, -0.05) is 12.1 Å². The van der Waals surface area contributed by atoms with E-state index in [0.717, 1.165) is 17.1 Å². The second-order valence-electron chi connectivity index (χ2n) is 5.41. The summed E-state index contributed by atoms with van der Waals surface area (Å²) in [6.45, 7) is 0. The van der Waals surface area contributed by atoms with Crippen molar-refractivity contribution in [3.63, 3.8) is 0 Å². The molecule has 0 aliphatic rings. The van der Waals surface area contributed by atoms with Crippen molar-refractivity contribution in [2.24, 2.45) is 7.05 Å². The number of nitrogens with one attached hydrogen (secondary N) is 1. The van der Waals surface area contributed by atoms with Crippen LogP contribution >= 0.6 is 0 Å². The van der Waals surface area contributed by atoms with E-state index >= 15 is 0 Å². The maximum atomic E-state index is 10.8. The van der Waals surface area contributed by atoms with Gasteiger partial charge < -0.3 is 14.6 Å². The van der Waals surface area contributed by atoms with Gasteiger partial charge in [0.05, 0.1) is 12.0 Å². The van der Waals surface area contributed by atoms with E-state index in [1.807, 2.05) is 42.1 Å².